The van der Waals surface area contributed by atoms with Crippen LogP contribution in [0.3, 0.4) is 0 Å². The zero-order chi connectivity index (χ0) is 25.0. The van der Waals surface area contributed by atoms with Gasteiger partial charge < -0.3 is 9.84 Å². The Bertz CT molecular complexity index is 1310. The number of carboxylic acid groups (broad SMARTS) is 1. The lowest BCUT2D eigenvalue weighted by atomic mass is 9.86. The zero-order valence-corrected chi connectivity index (χ0v) is 20.4. The van der Waals surface area contributed by atoms with Crippen LogP contribution in [0, 0.1) is 6.92 Å². The molecule has 0 aliphatic heterocycles. The lowest BCUT2D eigenvalue weighted by Gasteiger charge is -2.19. The molecule has 1 N–H and O–H groups in total. The van der Waals surface area contributed by atoms with E-state index in [9.17, 15) is 9.90 Å². The van der Waals surface area contributed by atoms with Crippen LogP contribution in [-0.4, -0.2) is 26.0 Å². The van der Waals surface area contributed by atoms with E-state index in [0.29, 0.717) is 17.9 Å². The molecule has 0 amide bonds. The summed E-state index contributed by atoms with van der Waals surface area (Å²) in [4.78, 5) is 25.3. The van der Waals surface area contributed by atoms with Crippen LogP contribution in [0.5, 0.6) is 5.75 Å². The van der Waals surface area contributed by atoms with E-state index in [2.05, 4.69) is 60.0 Å². The standard InChI is InChI=1S/C29H29N3O3/c1-19-27(35-18-20-8-6-5-7-9-20)26(28(33)34)32-25(31-19)16-21-10-15-24(30-17-21)22-11-13-23(14-12-22)29(2,3)4/h5-15,17H,16,18H2,1-4H3,(H,33,34). The van der Waals surface area contributed by atoms with Gasteiger partial charge in [-0.3, -0.25) is 4.98 Å². The Morgan fingerprint density at radius 3 is 2.23 bits per heavy atom. The molecule has 178 valence electrons. The number of benzene rings is 2. The number of pyridine rings is 1. The summed E-state index contributed by atoms with van der Waals surface area (Å²) in [5.74, 6) is -0.541. The van der Waals surface area contributed by atoms with Crippen LogP contribution < -0.4 is 4.74 Å². The summed E-state index contributed by atoms with van der Waals surface area (Å²) in [6.45, 7) is 8.55. The lowest BCUT2D eigenvalue weighted by Crippen LogP contribution is -2.12. The highest BCUT2D eigenvalue weighted by Gasteiger charge is 2.20. The molecule has 0 saturated carbocycles. The Labute approximate surface area is 205 Å². The van der Waals surface area contributed by atoms with Crippen molar-refractivity contribution in [2.45, 2.75) is 46.1 Å². The van der Waals surface area contributed by atoms with Gasteiger partial charge in [0.1, 0.15) is 12.4 Å². The number of nitrogens with zero attached hydrogens (tertiary/aromatic N) is 3. The van der Waals surface area contributed by atoms with Crippen LogP contribution >= 0.6 is 0 Å². The predicted molar refractivity (Wildman–Crippen MR) is 136 cm³/mol. The number of aromatic carboxylic acids is 1. The maximum atomic E-state index is 11.9. The molecule has 6 nitrogen and oxygen atoms in total. The number of carboxylic acids is 1. The summed E-state index contributed by atoms with van der Waals surface area (Å²) in [7, 11) is 0. The van der Waals surface area contributed by atoms with Gasteiger partial charge in [0.2, 0.25) is 0 Å². The first kappa shape index (κ1) is 24.1. The molecule has 2 heterocycles. The van der Waals surface area contributed by atoms with E-state index in [1.54, 1.807) is 13.1 Å². The molecule has 0 aliphatic carbocycles. The predicted octanol–water partition coefficient (Wildman–Crippen LogP) is 6.01. The van der Waals surface area contributed by atoms with E-state index in [-0.39, 0.29) is 23.5 Å². The maximum absolute atomic E-state index is 11.9. The largest absolute Gasteiger partial charge is 0.484 e. The number of rotatable bonds is 7. The molecular formula is C29H29N3O3. The van der Waals surface area contributed by atoms with Crippen molar-refractivity contribution in [1.82, 2.24) is 15.0 Å². The first-order valence-corrected chi connectivity index (χ1v) is 11.5. The Hall–Kier alpha value is -4.06. The Morgan fingerprint density at radius 1 is 0.914 bits per heavy atom. The summed E-state index contributed by atoms with van der Waals surface area (Å²) in [5.41, 5.74) is 5.49. The van der Waals surface area contributed by atoms with Gasteiger partial charge >= 0.3 is 5.97 Å². The number of hydrogen-bond acceptors (Lipinski definition) is 5. The molecule has 0 unspecified atom stereocenters. The minimum Gasteiger partial charge on any atom is -0.484 e. The van der Waals surface area contributed by atoms with Gasteiger partial charge in [0, 0.05) is 18.2 Å². The summed E-state index contributed by atoms with van der Waals surface area (Å²) in [5, 5.41) is 9.73. The second kappa shape index (κ2) is 10.1. The van der Waals surface area contributed by atoms with Gasteiger partial charge in [0.05, 0.1) is 11.4 Å². The topological polar surface area (TPSA) is 85.2 Å². The number of aromatic nitrogens is 3. The second-order valence-electron chi connectivity index (χ2n) is 9.54. The molecule has 4 aromatic rings. The van der Waals surface area contributed by atoms with Crippen LogP contribution in [0.25, 0.3) is 11.3 Å². The van der Waals surface area contributed by atoms with Crippen molar-refractivity contribution in [3.05, 3.63) is 107 Å². The molecular weight excluding hydrogens is 438 g/mol. The van der Waals surface area contributed by atoms with Crippen LogP contribution in [-0.2, 0) is 18.4 Å². The van der Waals surface area contributed by atoms with Crippen molar-refractivity contribution >= 4 is 5.97 Å². The molecule has 2 aromatic heterocycles. The number of carbonyl (C=O) groups is 1. The third kappa shape index (κ3) is 5.90. The van der Waals surface area contributed by atoms with Gasteiger partial charge in [0.25, 0.3) is 0 Å². The van der Waals surface area contributed by atoms with Crippen molar-refractivity contribution < 1.29 is 14.6 Å². The first-order chi connectivity index (χ1) is 16.7. The fraction of sp³-hybridized carbons (Fsp3) is 0.241. The van der Waals surface area contributed by atoms with E-state index in [0.717, 1.165) is 22.4 Å². The second-order valence-corrected chi connectivity index (χ2v) is 9.54. The number of hydrogen-bond donors (Lipinski definition) is 1. The monoisotopic (exact) mass is 467 g/mol. The molecule has 0 fully saturated rings. The third-order valence-corrected chi connectivity index (χ3v) is 5.74. The van der Waals surface area contributed by atoms with Gasteiger partial charge in [-0.1, -0.05) is 81.4 Å². The fourth-order valence-electron chi connectivity index (χ4n) is 3.77. The Kier molecular flexibility index (Phi) is 6.92. The van der Waals surface area contributed by atoms with E-state index in [1.165, 1.54) is 5.56 Å². The van der Waals surface area contributed by atoms with Gasteiger partial charge in [0.15, 0.2) is 11.4 Å². The van der Waals surface area contributed by atoms with Crippen LogP contribution in [0.2, 0.25) is 0 Å². The molecule has 35 heavy (non-hydrogen) atoms. The summed E-state index contributed by atoms with van der Waals surface area (Å²) in [6, 6.07) is 21.9. The molecule has 0 atom stereocenters. The first-order valence-electron chi connectivity index (χ1n) is 11.5. The summed E-state index contributed by atoms with van der Waals surface area (Å²) in [6.07, 6.45) is 2.16. The molecule has 2 aromatic carbocycles. The van der Waals surface area contributed by atoms with Crippen LogP contribution in [0.1, 0.15) is 59.5 Å². The molecule has 4 rings (SSSR count). The molecule has 0 radical (unpaired) electrons. The van der Waals surface area contributed by atoms with E-state index < -0.39 is 5.97 Å². The van der Waals surface area contributed by atoms with Gasteiger partial charge in [-0.15, -0.1) is 0 Å². The van der Waals surface area contributed by atoms with E-state index in [4.69, 9.17) is 4.74 Å². The smallest absolute Gasteiger partial charge is 0.358 e. The van der Waals surface area contributed by atoms with Crippen molar-refractivity contribution in [3.8, 4) is 17.0 Å². The summed E-state index contributed by atoms with van der Waals surface area (Å²) < 4.78 is 5.80. The Balaban J connectivity index is 1.51. The van der Waals surface area contributed by atoms with Crippen LogP contribution in [0.15, 0.2) is 72.9 Å². The van der Waals surface area contributed by atoms with Crippen molar-refractivity contribution in [3.63, 3.8) is 0 Å². The maximum Gasteiger partial charge on any atom is 0.358 e. The van der Waals surface area contributed by atoms with Gasteiger partial charge in [-0.2, -0.15) is 0 Å². The van der Waals surface area contributed by atoms with Crippen molar-refractivity contribution in [2.24, 2.45) is 0 Å². The summed E-state index contributed by atoms with van der Waals surface area (Å²) >= 11 is 0. The fourth-order valence-corrected chi connectivity index (χ4v) is 3.77. The number of aryl methyl sites for hydroxylation is 1. The van der Waals surface area contributed by atoms with Gasteiger partial charge in [-0.05, 0) is 35.1 Å². The molecule has 0 saturated heterocycles. The Morgan fingerprint density at radius 2 is 1.63 bits per heavy atom. The molecule has 6 heteroatoms. The minimum absolute atomic E-state index is 0.102. The molecule has 0 aliphatic rings. The van der Waals surface area contributed by atoms with Gasteiger partial charge in [-0.25, -0.2) is 14.8 Å². The highest BCUT2D eigenvalue weighted by atomic mass is 16.5. The average molecular weight is 468 g/mol. The van der Waals surface area contributed by atoms with E-state index in [1.807, 2.05) is 42.5 Å². The molecule has 0 spiro atoms. The van der Waals surface area contributed by atoms with Crippen molar-refractivity contribution in [2.75, 3.05) is 0 Å². The third-order valence-electron chi connectivity index (χ3n) is 5.74. The highest BCUT2D eigenvalue weighted by Crippen LogP contribution is 2.26. The quantitative estimate of drug-likeness (QED) is 0.358. The average Bonchev–Trinajstić information content (AvgIpc) is 2.84. The molecule has 0 bridgehead atoms. The lowest BCUT2D eigenvalue weighted by molar-refractivity contribution is 0.0683. The minimum atomic E-state index is -1.15. The normalized spacial score (nSPS) is 11.3. The number of ether oxygens (including phenoxy) is 1. The zero-order valence-electron chi connectivity index (χ0n) is 20.4. The van der Waals surface area contributed by atoms with Crippen LogP contribution in [0.4, 0.5) is 0 Å². The van der Waals surface area contributed by atoms with E-state index >= 15 is 0 Å². The van der Waals surface area contributed by atoms with Crippen molar-refractivity contribution in [1.29, 1.82) is 0 Å². The SMILES string of the molecule is Cc1nc(Cc2ccc(-c3ccc(C(C)(C)C)cc3)nc2)nc(C(=O)O)c1OCc1ccccc1. The highest BCUT2D eigenvalue weighted by molar-refractivity contribution is 5.88.